The molecule has 8 nitrogen and oxygen atoms in total. The topological polar surface area (TPSA) is 129 Å². The highest BCUT2D eigenvalue weighted by Crippen LogP contribution is 2.30. The zero-order chi connectivity index (χ0) is 22.4. The number of ketones is 1. The number of hydrogen-bond donors (Lipinski definition) is 4. The van der Waals surface area contributed by atoms with Gasteiger partial charge in [-0.2, -0.15) is 0 Å². The second kappa shape index (κ2) is 10.3. The van der Waals surface area contributed by atoms with Crippen LogP contribution in [0.15, 0.2) is 48.5 Å². The van der Waals surface area contributed by atoms with Crippen molar-refractivity contribution in [3.05, 3.63) is 54.2 Å². The van der Waals surface area contributed by atoms with E-state index < -0.39 is 36.7 Å². The van der Waals surface area contributed by atoms with Crippen molar-refractivity contribution in [1.82, 2.24) is 15.6 Å². The van der Waals surface area contributed by atoms with E-state index in [0.29, 0.717) is 18.0 Å². The lowest BCUT2D eigenvalue weighted by Crippen LogP contribution is -2.56. The van der Waals surface area contributed by atoms with Crippen molar-refractivity contribution in [2.45, 2.75) is 44.6 Å². The number of hydrogen-bond acceptors (Lipinski definition) is 6. The predicted molar refractivity (Wildman–Crippen MR) is 116 cm³/mol. The van der Waals surface area contributed by atoms with Gasteiger partial charge < -0.3 is 20.7 Å². The molecule has 1 unspecified atom stereocenters. The molecular formula is C22H26BN3O5. The molecule has 0 aliphatic heterocycles. The second-order valence-electron chi connectivity index (χ2n) is 7.85. The van der Waals surface area contributed by atoms with Crippen LogP contribution in [0.2, 0.25) is 0 Å². The fourth-order valence-corrected chi connectivity index (χ4v) is 3.50. The summed E-state index contributed by atoms with van der Waals surface area (Å²) in [5.74, 6) is -2.62. The molecule has 1 aromatic carbocycles. The molecule has 0 spiro atoms. The molecule has 3 rings (SSSR count). The number of Topliss-reactive ketones (excluding diaryl/α,β-unsaturated/α-hetero) is 1. The summed E-state index contributed by atoms with van der Waals surface area (Å²) in [6, 6.07) is 12.8. The first-order valence-electron chi connectivity index (χ1n) is 10.4. The summed E-state index contributed by atoms with van der Waals surface area (Å²) in [6.07, 6.45) is 3.42. The van der Waals surface area contributed by atoms with Crippen LogP contribution in [0.4, 0.5) is 0 Å². The van der Waals surface area contributed by atoms with Crippen LogP contribution in [0, 0.1) is 5.92 Å². The number of pyridine rings is 1. The van der Waals surface area contributed by atoms with Gasteiger partial charge >= 0.3 is 7.12 Å². The summed E-state index contributed by atoms with van der Waals surface area (Å²) in [4.78, 5) is 41.7. The molecule has 0 radical (unpaired) electrons. The molecule has 4 N–H and O–H groups in total. The Hall–Kier alpha value is -3.04. The smallest absolute Gasteiger partial charge is 0.426 e. The van der Waals surface area contributed by atoms with Gasteiger partial charge in [-0.25, -0.2) is 4.98 Å². The van der Waals surface area contributed by atoms with Gasteiger partial charge in [0.25, 0.3) is 5.91 Å². The first kappa shape index (κ1) is 22.6. The van der Waals surface area contributed by atoms with Gasteiger partial charge in [0.2, 0.25) is 5.91 Å². The van der Waals surface area contributed by atoms with Gasteiger partial charge in [0.05, 0.1) is 11.6 Å². The summed E-state index contributed by atoms with van der Waals surface area (Å²) in [7, 11) is -1.75. The number of amides is 2. The lowest BCUT2D eigenvalue weighted by atomic mass is 9.69. The van der Waals surface area contributed by atoms with Gasteiger partial charge in [0, 0.05) is 5.56 Å². The van der Waals surface area contributed by atoms with Crippen molar-refractivity contribution in [2.75, 3.05) is 0 Å². The number of carbonyl (C=O) groups is 3. The van der Waals surface area contributed by atoms with Gasteiger partial charge in [-0.05, 0) is 31.4 Å². The minimum absolute atomic E-state index is 0.0635. The fraction of sp³-hybridized carbons (Fsp3) is 0.364. The van der Waals surface area contributed by atoms with Crippen LogP contribution in [0.1, 0.15) is 43.1 Å². The predicted octanol–water partition coefficient (Wildman–Crippen LogP) is 1.12. The van der Waals surface area contributed by atoms with E-state index in [9.17, 15) is 24.4 Å². The lowest BCUT2D eigenvalue weighted by molar-refractivity contribution is -0.130. The molecule has 1 heterocycles. The highest BCUT2D eigenvalue weighted by molar-refractivity contribution is 6.43. The summed E-state index contributed by atoms with van der Waals surface area (Å²) in [6.45, 7) is 1.19. The van der Waals surface area contributed by atoms with Crippen molar-refractivity contribution in [3.63, 3.8) is 0 Å². The highest BCUT2D eigenvalue weighted by Gasteiger charge is 2.34. The fourth-order valence-electron chi connectivity index (χ4n) is 3.50. The number of nitrogens with one attached hydrogen (secondary N) is 2. The minimum atomic E-state index is -1.75. The third kappa shape index (κ3) is 5.99. The van der Waals surface area contributed by atoms with E-state index in [2.05, 4.69) is 15.6 Å². The van der Waals surface area contributed by atoms with Crippen molar-refractivity contribution in [1.29, 1.82) is 0 Å². The Morgan fingerprint density at radius 3 is 2.35 bits per heavy atom. The Kier molecular flexibility index (Phi) is 7.54. The van der Waals surface area contributed by atoms with Gasteiger partial charge in [-0.1, -0.05) is 55.7 Å². The number of aromatic nitrogens is 1. The number of carbonyl (C=O) groups excluding carboxylic acids is 3. The molecule has 1 aliphatic carbocycles. The van der Waals surface area contributed by atoms with E-state index in [0.717, 1.165) is 24.8 Å². The Bertz CT molecular complexity index is 934. The molecule has 0 bridgehead atoms. The molecule has 162 valence electrons. The van der Waals surface area contributed by atoms with Crippen LogP contribution in [0.3, 0.4) is 0 Å². The van der Waals surface area contributed by atoms with E-state index in [1.165, 1.54) is 13.0 Å². The maximum absolute atomic E-state index is 12.7. The van der Waals surface area contributed by atoms with E-state index >= 15 is 0 Å². The summed E-state index contributed by atoms with van der Waals surface area (Å²) in [5, 5.41) is 24.1. The Labute approximate surface area is 181 Å². The molecule has 1 saturated carbocycles. The van der Waals surface area contributed by atoms with Crippen LogP contribution in [0.25, 0.3) is 11.3 Å². The summed E-state index contributed by atoms with van der Waals surface area (Å²) < 4.78 is 0. The van der Waals surface area contributed by atoms with E-state index in [1.807, 2.05) is 30.3 Å². The summed E-state index contributed by atoms with van der Waals surface area (Å²) in [5.41, 5.74) is 1.48. The van der Waals surface area contributed by atoms with Crippen molar-refractivity contribution in [2.24, 2.45) is 5.92 Å². The summed E-state index contributed by atoms with van der Waals surface area (Å²) >= 11 is 0. The van der Waals surface area contributed by atoms with Crippen LogP contribution in [0.5, 0.6) is 0 Å². The highest BCUT2D eigenvalue weighted by atomic mass is 16.4. The average Bonchev–Trinajstić information content (AvgIpc) is 2.73. The molecule has 2 aromatic rings. The molecule has 9 heteroatoms. The van der Waals surface area contributed by atoms with Crippen molar-refractivity contribution in [3.8, 4) is 11.3 Å². The van der Waals surface area contributed by atoms with Crippen molar-refractivity contribution >= 4 is 24.7 Å². The molecule has 0 saturated heterocycles. The Morgan fingerprint density at radius 1 is 1.06 bits per heavy atom. The molecule has 1 aromatic heterocycles. The van der Waals surface area contributed by atoms with Gasteiger partial charge in [-0.15, -0.1) is 0 Å². The molecule has 31 heavy (non-hydrogen) atoms. The zero-order valence-corrected chi connectivity index (χ0v) is 17.3. The molecular weight excluding hydrogens is 397 g/mol. The SMILES string of the molecule is CC(=O)[C@H](NC(=O)c1cccc(-c2ccccc2)n1)C(=O)NC(CC1CCC1)B(O)O. The van der Waals surface area contributed by atoms with Gasteiger partial charge in [0.15, 0.2) is 11.8 Å². The number of rotatable bonds is 9. The maximum Gasteiger partial charge on any atom is 0.475 e. The largest absolute Gasteiger partial charge is 0.475 e. The third-order valence-electron chi connectivity index (χ3n) is 5.49. The number of benzene rings is 1. The maximum atomic E-state index is 12.7. The number of nitrogens with zero attached hydrogens (tertiary/aromatic N) is 1. The van der Waals surface area contributed by atoms with E-state index in [-0.39, 0.29) is 5.69 Å². The van der Waals surface area contributed by atoms with E-state index in [1.54, 1.807) is 12.1 Å². The molecule has 2 amide bonds. The minimum Gasteiger partial charge on any atom is -0.426 e. The molecule has 1 fully saturated rings. The Balaban J connectivity index is 1.69. The van der Waals surface area contributed by atoms with Crippen LogP contribution in [-0.4, -0.2) is 51.7 Å². The Morgan fingerprint density at radius 2 is 1.77 bits per heavy atom. The van der Waals surface area contributed by atoms with Crippen molar-refractivity contribution < 1.29 is 24.4 Å². The monoisotopic (exact) mass is 423 g/mol. The first-order valence-corrected chi connectivity index (χ1v) is 10.4. The molecule has 1 aliphatic rings. The second-order valence-corrected chi connectivity index (χ2v) is 7.85. The zero-order valence-electron chi connectivity index (χ0n) is 17.3. The quantitative estimate of drug-likeness (QED) is 0.354. The normalized spacial score (nSPS) is 15.3. The van der Waals surface area contributed by atoms with E-state index in [4.69, 9.17) is 0 Å². The molecule has 2 atom stereocenters. The van der Waals surface area contributed by atoms with Crippen LogP contribution >= 0.6 is 0 Å². The van der Waals surface area contributed by atoms with Gasteiger partial charge in [0.1, 0.15) is 5.69 Å². The van der Waals surface area contributed by atoms with Crippen LogP contribution in [-0.2, 0) is 9.59 Å². The third-order valence-corrected chi connectivity index (χ3v) is 5.49. The van der Waals surface area contributed by atoms with Gasteiger partial charge in [-0.3, -0.25) is 14.4 Å². The average molecular weight is 423 g/mol. The first-order chi connectivity index (χ1) is 14.8. The standard InChI is InChI=1S/C22H26BN3O5/c1-14(27)20(22(29)25-19(23(30)31)13-15-7-5-8-15)26-21(28)18-12-6-11-17(24-18)16-9-3-2-4-10-16/h2-4,6,9-12,15,19-20,30-31H,5,7-8,13H2,1H3,(H,25,29)(H,26,28)/t19?,20-/m0/s1. The van der Waals surface area contributed by atoms with Crippen LogP contribution < -0.4 is 10.6 Å². The lowest BCUT2D eigenvalue weighted by Gasteiger charge is -2.30.